The Morgan fingerprint density at radius 1 is 0.833 bits per heavy atom. The third-order valence-electron chi connectivity index (χ3n) is 7.83. The highest BCUT2D eigenvalue weighted by molar-refractivity contribution is 6.30. The van der Waals surface area contributed by atoms with Crippen molar-refractivity contribution >= 4 is 34.9 Å². The molecular weight excluding hydrogens is 474 g/mol. The minimum atomic E-state index is -0.219. The van der Waals surface area contributed by atoms with Crippen molar-refractivity contribution < 1.29 is 9.59 Å². The molecular formula is C28H36ClN5O2. The van der Waals surface area contributed by atoms with Gasteiger partial charge in [0, 0.05) is 67.7 Å². The molecule has 2 N–H and O–H groups in total. The van der Waals surface area contributed by atoms with Crippen molar-refractivity contribution in [1.29, 1.82) is 0 Å². The molecule has 2 aromatic rings. The molecule has 1 aliphatic carbocycles. The molecule has 0 atom stereocenters. The number of piperidine rings is 1. The molecule has 0 unspecified atom stereocenters. The third-order valence-corrected chi connectivity index (χ3v) is 8.07. The first kappa shape index (κ1) is 24.9. The minimum Gasteiger partial charge on any atom is -0.371 e. The summed E-state index contributed by atoms with van der Waals surface area (Å²) in [4.78, 5) is 32.8. The number of amides is 3. The highest BCUT2D eigenvalue weighted by Gasteiger charge is 2.30. The second-order valence-electron chi connectivity index (χ2n) is 10.2. The fourth-order valence-electron chi connectivity index (χ4n) is 5.84. The molecule has 5 rings (SSSR count). The molecule has 8 heteroatoms. The van der Waals surface area contributed by atoms with Crippen LogP contribution in [-0.4, -0.2) is 73.1 Å². The summed E-state index contributed by atoms with van der Waals surface area (Å²) in [6, 6.07) is 15.7. The topological polar surface area (TPSA) is 67.9 Å². The number of urea groups is 1. The van der Waals surface area contributed by atoms with Crippen molar-refractivity contribution in [3.63, 3.8) is 0 Å². The van der Waals surface area contributed by atoms with Gasteiger partial charge in [0.2, 0.25) is 0 Å². The normalized spacial score (nSPS) is 19.9. The first-order valence-electron chi connectivity index (χ1n) is 13.3. The first-order chi connectivity index (χ1) is 17.6. The van der Waals surface area contributed by atoms with Crippen molar-refractivity contribution in [3.8, 4) is 0 Å². The zero-order chi connectivity index (χ0) is 24.9. The van der Waals surface area contributed by atoms with Gasteiger partial charge in [-0.25, -0.2) is 4.79 Å². The Hall–Kier alpha value is -2.77. The van der Waals surface area contributed by atoms with Crippen molar-refractivity contribution in [2.45, 2.75) is 50.6 Å². The maximum Gasteiger partial charge on any atom is 0.319 e. The van der Waals surface area contributed by atoms with E-state index in [0.717, 1.165) is 69.4 Å². The minimum absolute atomic E-state index is 0.0898. The summed E-state index contributed by atoms with van der Waals surface area (Å²) >= 11 is 6.01. The fraction of sp³-hybridized carbons (Fsp3) is 0.500. The molecule has 1 saturated carbocycles. The SMILES string of the molecule is O=C(Nc1cccc(Cl)c1)NC1CCN(c2ccccc2C(=O)N2CCN(C3CCCC3)CC2)CC1. The lowest BCUT2D eigenvalue weighted by molar-refractivity contribution is 0.0574. The molecule has 2 aliphatic heterocycles. The second kappa shape index (κ2) is 11.5. The van der Waals surface area contributed by atoms with Crippen molar-refractivity contribution in [1.82, 2.24) is 15.1 Å². The average Bonchev–Trinajstić information content (AvgIpc) is 3.44. The molecule has 36 heavy (non-hydrogen) atoms. The number of carbonyl (C=O) groups is 2. The number of nitrogens with one attached hydrogen (secondary N) is 2. The number of piperazine rings is 1. The van der Waals surface area contributed by atoms with Crippen molar-refractivity contribution in [2.24, 2.45) is 0 Å². The Balaban J connectivity index is 1.14. The van der Waals surface area contributed by atoms with Crippen LogP contribution in [0.2, 0.25) is 5.02 Å². The van der Waals surface area contributed by atoms with Gasteiger partial charge in [0.1, 0.15) is 0 Å². The molecule has 0 radical (unpaired) electrons. The number of anilines is 2. The van der Waals surface area contributed by atoms with Crippen LogP contribution >= 0.6 is 11.6 Å². The molecule has 192 valence electrons. The van der Waals surface area contributed by atoms with Crippen LogP contribution in [-0.2, 0) is 0 Å². The average molecular weight is 510 g/mol. The van der Waals surface area contributed by atoms with Crippen LogP contribution in [0.3, 0.4) is 0 Å². The van der Waals surface area contributed by atoms with Gasteiger partial charge in [0.15, 0.2) is 0 Å². The number of nitrogens with zero attached hydrogens (tertiary/aromatic N) is 3. The number of halogens is 1. The van der Waals surface area contributed by atoms with Crippen LogP contribution in [0.4, 0.5) is 16.2 Å². The summed E-state index contributed by atoms with van der Waals surface area (Å²) in [6.45, 7) is 5.15. The van der Waals surface area contributed by atoms with Gasteiger partial charge < -0.3 is 20.4 Å². The van der Waals surface area contributed by atoms with Crippen molar-refractivity contribution in [2.75, 3.05) is 49.5 Å². The van der Waals surface area contributed by atoms with E-state index in [1.807, 2.05) is 35.2 Å². The van der Waals surface area contributed by atoms with E-state index in [1.54, 1.807) is 12.1 Å². The maximum absolute atomic E-state index is 13.5. The second-order valence-corrected chi connectivity index (χ2v) is 10.6. The molecule has 3 fully saturated rings. The molecule has 2 saturated heterocycles. The maximum atomic E-state index is 13.5. The van der Waals surface area contributed by atoms with Gasteiger partial charge in [-0.05, 0) is 56.0 Å². The number of para-hydroxylation sites is 1. The molecule has 3 aliphatic rings. The van der Waals surface area contributed by atoms with Gasteiger partial charge in [-0.15, -0.1) is 0 Å². The number of benzene rings is 2. The Morgan fingerprint density at radius 2 is 1.56 bits per heavy atom. The number of carbonyl (C=O) groups excluding carboxylic acids is 2. The molecule has 0 bridgehead atoms. The molecule has 2 heterocycles. The van der Waals surface area contributed by atoms with E-state index in [1.165, 1.54) is 25.7 Å². The summed E-state index contributed by atoms with van der Waals surface area (Å²) < 4.78 is 0. The lowest BCUT2D eigenvalue weighted by Gasteiger charge is -2.39. The van der Waals surface area contributed by atoms with Gasteiger partial charge in [-0.1, -0.05) is 42.6 Å². The molecule has 0 aromatic heterocycles. The molecule has 7 nitrogen and oxygen atoms in total. The Morgan fingerprint density at radius 3 is 2.28 bits per heavy atom. The van der Waals surface area contributed by atoms with Crippen LogP contribution < -0.4 is 15.5 Å². The lowest BCUT2D eigenvalue weighted by Crippen LogP contribution is -2.51. The van der Waals surface area contributed by atoms with Crippen molar-refractivity contribution in [3.05, 3.63) is 59.1 Å². The summed E-state index contributed by atoms with van der Waals surface area (Å²) in [6.07, 6.45) is 6.96. The highest BCUT2D eigenvalue weighted by atomic mass is 35.5. The van der Waals surface area contributed by atoms with E-state index in [9.17, 15) is 9.59 Å². The molecule has 0 spiro atoms. The van der Waals surface area contributed by atoms with Crippen LogP contribution in [0.1, 0.15) is 48.9 Å². The summed E-state index contributed by atoms with van der Waals surface area (Å²) in [7, 11) is 0. The number of hydrogen-bond donors (Lipinski definition) is 2. The van der Waals surface area contributed by atoms with E-state index < -0.39 is 0 Å². The molecule has 3 amide bonds. The first-order valence-corrected chi connectivity index (χ1v) is 13.6. The summed E-state index contributed by atoms with van der Waals surface area (Å²) in [5.74, 6) is 0.137. The van der Waals surface area contributed by atoms with Gasteiger partial charge in [-0.3, -0.25) is 9.69 Å². The standard InChI is InChI=1S/C28H36ClN5O2/c29-21-6-5-7-23(20-21)31-28(36)30-22-12-14-33(15-13-22)26-11-4-3-10-25(26)27(35)34-18-16-32(17-19-34)24-8-1-2-9-24/h3-7,10-11,20,22,24H,1-2,8-9,12-19H2,(H2,30,31,36). The van der Waals surface area contributed by atoms with Crippen LogP contribution in [0.5, 0.6) is 0 Å². The third kappa shape index (κ3) is 5.95. The van der Waals surface area contributed by atoms with Crippen LogP contribution in [0, 0.1) is 0 Å². The van der Waals surface area contributed by atoms with E-state index >= 15 is 0 Å². The largest absolute Gasteiger partial charge is 0.371 e. The van der Waals surface area contributed by atoms with Crippen LogP contribution in [0.15, 0.2) is 48.5 Å². The predicted molar refractivity (Wildman–Crippen MR) is 145 cm³/mol. The lowest BCUT2D eigenvalue weighted by atomic mass is 10.0. The number of rotatable bonds is 5. The number of hydrogen-bond acceptors (Lipinski definition) is 4. The Kier molecular flexibility index (Phi) is 7.97. The van der Waals surface area contributed by atoms with E-state index in [0.29, 0.717) is 10.7 Å². The Labute approximate surface area is 218 Å². The van der Waals surface area contributed by atoms with Gasteiger partial charge in [-0.2, -0.15) is 0 Å². The zero-order valence-corrected chi connectivity index (χ0v) is 21.6. The van der Waals surface area contributed by atoms with Crippen LogP contribution in [0.25, 0.3) is 0 Å². The van der Waals surface area contributed by atoms with Gasteiger partial charge >= 0.3 is 6.03 Å². The quantitative estimate of drug-likeness (QED) is 0.605. The fourth-order valence-corrected chi connectivity index (χ4v) is 6.03. The van der Waals surface area contributed by atoms with E-state index in [4.69, 9.17) is 11.6 Å². The summed E-state index contributed by atoms with van der Waals surface area (Å²) in [5.41, 5.74) is 2.47. The smallest absolute Gasteiger partial charge is 0.319 e. The zero-order valence-electron chi connectivity index (χ0n) is 20.8. The van der Waals surface area contributed by atoms with E-state index in [-0.39, 0.29) is 18.0 Å². The Bertz CT molecular complexity index is 1060. The van der Waals surface area contributed by atoms with Gasteiger partial charge in [0.25, 0.3) is 5.91 Å². The highest BCUT2D eigenvalue weighted by Crippen LogP contribution is 2.28. The molecule has 2 aromatic carbocycles. The van der Waals surface area contributed by atoms with Gasteiger partial charge in [0.05, 0.1) is 5.56 Å². The summed E-state index contributed by atoms with van der Waals surface area (Å²) in [5, 5.41) is 6.52. The van der Waals surface area contributed by atoms with E-state index in [2.05, 4.69) is 26.5 Å². The predicted octanol–water partition coefficient (Wildman–Crippen LogP) is 4.83. The monoisotopic (exact) mass is 509 g/mol.